The van der Waals surface area contributed by atoms with E-state index in [2.05, 4.69) is 15.1 Å². The van der Waals surface area contributed by atoms with Crippen molar-refractivity contribution in [3.63, 3.8) is 0 Å². The average Bonchev–Trinajstić information content (AvgIpc) is 3.24. The molecule has 0 bridgehead atoms. The molecule has 6 nitrogen and oxygen atoms in total. The first kappa shape index (κ1) is 15.6. The highest BCUT2D eigenvalue weighted by Crippen LogP contribution is 2.34. The van der Waals surface area contributed by atoms with Crippen molar-refractivity contribution in [3.05, 3.63) is 48.4 Å². The quantitative estimate of drug-likeness (QED) is 0.642. The fourth-order valence-electron chi connectivity index (χ4n) is 2.10. The molecule has 0 radical (unpaired) electrons. The van der Waals surface area contributed by atoms with Gasteiger partial charge in [0.2, 0.25) is 5.89 Å². The summed E-state index contributed by atoms with van der Waals surface area (Å²) in [7, 11) is 1.66. The Morgan fingerprint density at radius 1 is 1.30 bits per heavy atom. The zero-order chi connectivity index (χ0) is 16.2. The van der Waals surface area contributed by atoms with Gasteiger partial charge in [0.15, 0.2) is 11.0 Å². The van der Waals surface area contributed by atoms with Gasteiger partial charge < -0.3 is 9.26 Å². The highest BCUT2D eigenvalue weighted by Gasteiger charge is 2.18. The van der Waals surface area contributed by atoms with Gasteiger partial charge in [0.05, 0.1) is 12.4 Å². The van der Waals surface area contributed by atoms with Crippen LogP contribution in [0.2, 0.25) is 0 Å². The summed E-state index contributed by atoms with van der Waals surface area (Å²) in [6.45, 7) is 4.04. The van der Waals surface area contributed by atoms with E-state index in [4.69, 9.17) is 9.26 Å². The minimum Gasteiger partial charge on any atom is -0.497 e. The summed E-state index contributed by atoms with van der Waals surface area (Å²) in [5.74, 6) is 2.18. The Morgan fingerprint density at radius 3 is 2.74 bits per heavy atom. The number of rotatable bonds is 6. The minimum absolute atomic E-state index is 0.0298. The van der Waals surface area contributed by atoms with Gasteiger partial charge in [0, 0.05) is 24.5 Å². The van der Waals surface area contributed by atoms with E-state index >= 15 is 0 Å². The van der Waals surface area contributed by atoms with Crippen LogP contribution >= 0.6 is 11.8 Å². The molecule has 0 fully saturated rings. The lowest BCUT2D eigenvalue weighted by molar-refractivity contribution is 0.375. The maximum atomic E-state index is 5.31. The Kier molecular flexibility index (Phi) is 4.66. The molecule has 7 heteroatoms. The van der Waals surface area contributed by atoms with E-state index in [1.165, 1.54) is 0 Å². The van der Waals surface area contributed by atoms with Gasteiger partial charge in [-0.2, -0.15) is 4.98 Å². The average molecular weight is 330 g/mol. The van der Waals surface area contributed by atoms with Crippen molar-refractivity contribution < 1.29 is 9.26 Å². The number of nitrogens with zero attached hydrogens (tertiary/aromatic N) is 4. The van der Waals surface area contributed by atoms with Gasteiger partial charge in [-0.25, -0.2) is 4.98 Å². The lowest BCUT2D eigenvalue weighted by Crippen LogP contribution is -1.98. The molecular weight excluding hydrogens is 312 g/mol. The van der Waals surface area contributed by atoms with Crippen LogP contribution < -0.4 is 4.74 Å². The third-order valence-corrected chi connectivity index (χ3v) is 4.46. The molecule has 0 saturated carbocycles. The van der Waals surface area contributed by atoms with Crippen LogP contribution in [-0.2, 0) is 6.42 Å². The van der Waals surface area contributed by atoms with Crippen molar-refractivity contribution in [2.75, 3.05) is 7.11 Å². The van der Waals surface area contributed by atoms with E-state index in [-0.39, 0.29) is 5.25 Å². The number of ether oxygens (including phenoxy) is 1. The molecule has 23 heavy (non-hydrogen) atoms. The van der Waals surface area contributed by atoms with Gasteiger partial charge in [-0.05, 0) is 31.2 Å². The van der Waals surface area contributed by atoms with Crippen LogP contribution in [0.15, 0.2) is 46.3 Å². The number of hydrogen-bond acceptors (Lipinski definition) is 6. The molecule has 0 aliphatic rings. The molecule has 3 rings (SSSR count). The third kappa shape index (κ3) is 3.39. The van der Waals surface area contributed by atoms with Crippen LogP contribution in [0.5, 0.6) is 5.75 Å². The van der Waals surface area contributed by atoms with Crippen molar-refractivity contribution in [2.24, 2.45) is 0 Å². The summed E-state index contributed by atoms with van der Waals surface area (Å²) in [5, 5.41) is 4.85. The second kappa shape index (κ2) is 6.87. The van der Waals surface area contributed by atoms with Gasteiger partial charge in [0.25, 0.3) is 0 Å². The first-order valence-corrected chi connectivity index (χ1v) is 8.26. The molecule has 0 saturated heterocycles. The fraction of sp³-hybridized carbons (Fsp3) is 0.312. The topological polar surface area (TPSA) is 66.0 Å². The van der Waals surface area contributed by atoms with Crippen LogP contribution in [0.1, 0.15) is 30.8 Å². The van der Waals surface area contributed by atoms with E-state index in [0.717, 1.165) is 28.8 Å². The monoisotopic (exact) mass is 330 g/mol. The van der Waals surface area contributed by atoms with Crippen molar-refractivity contribution in [2.45, 2.75) is 30.7 Å². The Balaban J connectivity index is 1.79. The summed E-state index contributed by atoms with van der Waals surface area (Å²) in [6.07, 6.45) is 4.48. The van der Waals surface area contributed by atoms with Gasteiger partial charge >= 0.3 is 0 Å². The standard InChI is InChI=1S/C16H18N4O2S/c1-4-14-18-15(22-19-14)11(2)23-16-17-9-10-20(16)12-5-7-13(21-3)8-6-12/h5-11H,4H2,1-3H3. The molecular formula is C16H18N4O2S. The Hall–Kier alpha value is -2.28. The van der Waals surface area contributed by atoms with Gasteiger partial charge in [0.1, 0.15) is 5.75 Å². The molecule has 0 spiro atoms. The predicted octanol–water partition coefficient (Wildman–Crippen LogP) is 3.68. The maximum Gasteiger partial charge on any atom is 0.239 e. The Morgan fingerprint density at radius 2 is 2.09 bits per heavy atom. The lowest BCUT2D eigenvalue weighted by Gasteiger charge is -2.10. The number of imidazole rings is 1. The minimum atomic E-state index is 0.0298. The highest BCUT2D eigenvalue weighted by molar-refractivity contribution is 7.99. The molecule has 1 aromatic carbocycles. The predicted molar refractivity (Wildman–Crippen MR) is 88.1 cm³/mol. The van der Waals surface area contributed by atoms with E-state index in [1.54, 1.807) is 25.1 Å². The van der Waals surface area contributed by atoms with Crippen LogP contribution in [0.3, 0.4) is 0 Å². The van der Waals surface area contributed by atoms with E-state index in [1.807, 2.05) is 48.9 Å². The van der Waals surface area contributed by atoms with Crippen LogP contribution in [-0.4, -0.2) is 26.8 Å². The number of methoxy groups -OCH3 is 1. The zero-order valence-corrected chi connectivity index (χ0v) is 14.1. The molecule has 0 aliphatic carbocycles. The smallest absolute Gasteiger partial charge is 0.239 e. The summed E-state index contributed by atoms with van der Waals surface area (Å²) in [5.41, 5.74) is 1.03. The second-order valence-electron chi connectivity index (χ2n) is 4.94. The number of hydrogen-bond donors (Lipinski definition) is 0. The normalized spacial score (nSPS) is 12.3. The van der Waals surface area contributed by atoms with Crippen LogP contribution in [0.4, 0.5) is 0 Å². The van der Waals surface area contributed by atoms with Gasteiger partial charge in [-0.3, -0.25) is 4.57 Å². The fourth-order valence-corrected chi connectivity index (χ4v) is 3.02. The van der Waals surface area contributed by atoms with E-state index < -0.39 is 0 Å². The zero-order valence-electron chi connectivity index (χ0n) is 13.3. The maximum absolute atomic E-state index is 5.31. The Bertz CT molecular complexity index is 766. The number of benzene rings is 1. The summed E-state index contributed by atoms with van der Waals surface area (Å²) >= 11 is 1.58. The first-order valence-electron chi connectivity index (χ1n) is 7.38. The molecule has 2 heterocycles. The molecule has 1 unspecified atom stereocenters. The van der Waals surface area contributed by atoms with Gasteiger partial charge in [-0.1, -0.05) is 23.8 Å². The first-order chi connectivity index (χ1) is 11.2. The number of aromatic nitrogens is 4. The molecule has 1 atom stereocenters. The molecule has 3 aromatic rings. The molecule has 0 aliphatic heterocycles. The van der Waals surface area contributed by atoms with Crippen molar-refractivity contribution in [1.29, 1.82) is 0 Å². The highest BCUT2D eigenvalue weighted by atomic mass is 32.2. The van der Waals surface area contributed by atoms with Gasteiger partial charge in [-0.15, -0.1) is 0 Å². The number of thioether (sulfide) groups is 1. The molecule has 120 valence electrons. The van der Waals surface area contributed by atoms with Crippen molar-refractivity contribution >= 4 is 11.8 Å². The summed E-state index contributed by atoms with van der Waals surface area (Å²) in [4.78, 5) is 8.81. The molecule has 2 aromatic heterocycles. The van der Waals surface area contributed by atoms with E-state index in [9.17, 15) is 0 Å². The van der Waals surface area contributed by atoms with Crippen molar-refractivity contribution in [1.82, 2.24) is 19.7 Å². The van der Waals surface area contributed by atoms with Crippen molar-refractivity contribution in [3.8, 4) is 11.4 Å². The Labute approximate surface area is 138 Å². The van der Waals surface area contributed by atoms with E-state index in [0.29, 0.717) is 5.89 Å². The SMILES string of the molecule is CCc1noc(C(C)Sc2nccn2-c2ccc(OC)cc2)n1. The third-order valence-electron chi connectivity index (χ3n) is 3.39. The van der Waals surface area contributed by atoms with Crippen LogP contribution in [0, 0.1) is 0 Å². The lowest BCUT2D eigenvalue weighted by atomic mass is 10.3. The van der Waals surface area contributed by atoms with Crippen LogP contribution in [0.25, 0.3) is 5.69 Å². The summed E-state index contributed by atoms with van der Waals surface area (Å²) < 4.78 is 12.5. The number of aryl methyl sites for hydroxylation is 1. The molecule has 0 N–H and O–H groups in total. The largest absolute Gasteiger partial charge is 0.497 e. The second-order valence-corrected chi connectivity index (χ2v) is 6.25. The summed E-state index contributed by atoms with van der Waals surface area (Å²) in [6, 6.07) is 7.85. The molecule has 0 amide bonds.